The smallest absolute Gasteiger partial charge is 0.248 e. The number of carbonyl (C=O) groups excluding carboxylic acids is 1. The zero-order chi connectivity index (χ0) is 12.3. The topological polar surface area (TPSA) is 68.0 Å². The van der Waals surface area contributed by atoms with Crippen molar-refractivity contribution in [1.82, 2.24) is 4.98 Å². The first-order valence-electron chi connectivity index (χ1n) is 4.89. The van der Waals surface area contributed by atoms with E-state index < -0.39 is 5.91 Å². The summed E-state index contributed by atoms with van der Waals surface area (Å²) in [5, 5.41) is 3.20. The highest BCUT2D eigenvalue weighted by Crippen LogP contribution is 2.19. The van der Waals surface area contributed by atoms with Crippen LogP contribution >= 0.6 is 22.9 Å². The van der Waals surface area contributed by atoms with Crippen LogP contribution < -0.4 is 11.1 Å². The van der Waals surface area contributed by atoms with Gasteiger partial charge < -0.3 is 11.1 Å². The Hall–Kier alpha value is -1.59. The van der Waals surface area contributed by atoms with E-state index in [1.54, 1.807) is 18.3 Å². The molecule has 0 aliphatic carbocycles. The zero-order valence-corrected chi connectivity index (χ0v) is 10.4. The fourth-order valence-corrected chi connectivity index (χ4v) is 2.22. The Labute approximate surface area is 107 Å². The van der Waals surface area contributed by atoms with Gasteiger partial charge in [-0.1, -0.05) is 11.6 Å². The molecule has 0 radical (unpaired) electrons. The minimum atomic E-state index is -0.425. The lowest BCUT2D eigenvalue weighted by Gasteiger charge is -2.04. The summed E-state index contributed by atoms with van der Waals surface area (Å²) in [5.41, 5.74) is 6.56. The van der Waals surface area contributed by atoms with Gasteiger partial charge in [-0.05, 0) is 24.3 Å². The van der Waals surface area contributed by atoms with Crippen LogP contribution in [0.3, 0.4) is 0 Å². The van der Waals surface area contributed by atoms with Crippen molar-refractivity contribution in [2.24, 2.45) is 5.73 Å². The molecule has 1 amide bonds. The fraction of sp³-hybridized carbons (Fsp3) is 0.0909. The number of nitrogens with two attached hydrogens (primary N) is 1. The number of rotatable bonds is 4. The molecule has 2 rings (SSSR count). The molecule has 17 heavy (non-hydrogen) atoms. The van der Waals surface area contributed by atoms with Crippen LogP contribution in [0, 0.1) is 0 Å². The first-order chi connectivity index (χ1) is 8.15. The Balaban J connectivity index is 1.97. The van der Waals surface area contributed by atoms with Gasteiger partial charge in [0.2, 0.25) is 5.91 Å². The van der Waals surface area contributed by atoms with Gasteiger partial charge in [0, 0.05) is 22.3 Å². The number of aromatic nitrogens is 1. The standard InChI is InChI=1S/C11H10ClN3OS/c12-11-15-6-9(17-11)5-14-8-3-1-7(2-4-8)10(13)16/h1-4,6,14H,5H2,(H2,13,16). The Morgan fingerprint density at radius 1 is 1.41 bits per heavy atom. The van der Waals surface area contributed by atoms with Crippen molar-refractivity contribution >= 4 is 34.5 Å². The number of benzene rings is 1. The summed E-state index contributed by atoms with van der Waals surface area (Å²) < 4.78 is 0.533. The average Bonchev–Trinajstić information content (AvgIpc) is 2.73. The van der Waals surface area contributed by atoms with E-state index in [0.717, 1.165) is 10.6 Å². The van der Waals surface area contributed by atoms with Gasteiger partial charge in [-0.15, -0.1) is 11.3 Å². The molecule has 0 saturated carbocycles. The molecule has 0 unspecified atom stereocenters. The summed E-state index contributed by atoms with van der Waals surface area (Å²) in [6.45, 7) is 0.653. The van der Waals surface area contributed by atoms with Crippen LogP contribution in [0.1, 0.15) is 15.2 Å². The van der Waals surface area contributed by atoms with Crippen molar-refractivity contribution in [2.75, 3.05) is 5.32 Å². The van der Waals surface area contributed by atoms with E-state index in [9.17, 15) is 4.79 Å². The first kappa shape index (κ1) is 11.9. The van der Waals surface area contributed by atoms with Crippen molar-refractivity contribution in [3.05, 3.63) is 45.4 Å². The van der Waals surface area contributed by atoms with Crippen LogP contribution in [0.4, 0.5) is 5.69 Å². The Bertz CT molecular complexity index is 524. The number of nitrogens with one attached hydrogen (secondary N) is 1. The first-order valence-corrected chi connectivity index (χ1v) is 6.08. The molecule has 0 aliphatic heterocycles. The van der Waals surface area contributed by atoms with Gasteiger partial charge in [0.1, 0.15) is 0 Å². The number of halogens is 1. The molecule has 1 aromatic carbocycles. The van der Waals surface area contributed by atoms with Gasteiger partial charge in [0.15, 0.2) is 4.47 Å². The maximum atomic E-state index is 10.9. The predicted molar refractivity (Wildman–Crippen MR) is 69.4 cm³/mol. The molecule has 1 aromatic heterocycles. The summed E-state index contributed by atoms with van der Waals surface area (Å²) >= 11 is 7.16. The van der Waals surface area contributed by atoms with Gasteiger partial charge >= 0.3 is 0 Å². The second kappa shape index (κ2) is 5.16. The maximum Gasteiger partial charge on any atom is 0.248 e. The Morgan fingerprint density at radius 3 is 2.65 bits per heavy atom. The highest BCUT2D eigenvalue weighted by atomic mass is 35.5. The number of hydrogen-bond donors (Lipinski definition) is 2. The lowest BCUT2D eigenvalue weighted by atomic mass is 10.2. The molecule has 0 aliphatic rings. The third-order valence-electron chi connectivity index (χ3n) is 2.16. The zero-order valence-electron chi connectivity index (χ0n) is 8.81. The molecule has 0 spiro atoms. The van der Waals surface area contributed by atoms with Crippen molar-refractivity contribution in [3.8, 4) is 0 Å². The van der Waals surface area contributed by atoms with E-state index in [-0.39, 0.29) is 0 Å². The number of primary amides is 1. The van der Waals surface area contributed by atoms with Crippen LogP contribution in [0.15, 0.2) is 30.5 Å². The molecule has 88 valence electrons. The number of anilines is 1. The van der Waals surface area contributed by atoms with Crippen molar-refractivity contribution < 1.29 is 4.79 Å². The minimum Gasteiger partial charge on any atom is -0.380 e. The van der Waals surface area contributed by atoms with E-state index in [1.165, 1.54) is 11.3 Å². The molecule has 2 aromatic rings. The second-order valence-corrected chi connectivity index (χ2v) is 5.07. The summed E-state index contributed by atoms with van der Waals surface area (Å²) in [6.07, 6.45) is 1.73. The van der Waals surface area contributed by atoms with Crippen molar-refractivity contribution in [1.29, 1.82) is 0 Å². The molecule has 4 nitrogen and oxygen atoms in total. The highest BCUT2D eigenvalue weighted by molar-refractivity contribution is 7.15. The third-order valence-corrected chi connectivity index (χ3v) is 3.28. The predicted octanol–water partition coefficient (Wildman–Crippen LogP) is 2.51. The van der Waals surface area contributed by atoms with Gasteiger partial charge in [0.05, 0.1) is 6.54 Å². The molecule has 1 heterocycles. The molecule has 0 bridgehead atoms. The van der Waals surface area contributed by atoms with Crippen LogP contribution in [0.25, 0.3) is 0 Å². The molecule has 3 N–H and O–H groups in total. The van der Waals surface area contributed by atoms with Crippen LogP contribution in [-0.4, -0.2) is 10.9 Å². The van der Waals surface area contributed by atoms with Gasteiger partial charge in [0.25, 0.3) is 0 Å². The van der Waals surface area contributed by atoms with E-state index in [0.29, 0.717) is 16.6 Å². The summed E-state index contributed by atoms with van der Waals surface area (Å²) in [4.78, 5) is 15.9. The number of nitrogens with zero attached hydrogens (tertiary/aromatic N) is 1. The Morgan fingerprint density at radius 2 is 2.12 bits per heavy atom. The van der Waals surface area contributed by atoms with Crippen molar-refractivity contribution in [2.45, 2.75) is 6.54 Å². The summed E-state index contributed by atoms with van der Waals surface area (Å²) in [7, 11) is 0. The number of hydrogen-bond acceptors (Lipinski definition) is 4. The minimum absolute atomic E-state index is 0.425. The van der Waals surface area contributed by atoms with Crippen LogP contribution in [0.2, 0.25) is 4.47 Å². The van der Waals surface area contributed by atoms with Gasteiger partial charge in [-0.3, -0.25) is 4.79 Å². The Kier molecular flexibility index (Phi) is 3.61. The molecule has 0 saturated heterocycles. The highest BCUT2D eigenvalue weighted by Gasteiger charge is 2.01. The van der Waals surface area contributed by atoms with E-state index in [2.05, 4.69) is 10.3 Å². The second-order valence-electron chi connectivity index (χ2n) is 3.37. The largest absolute Gasteiger partial charge is 0.380 e. The summed E-state index contributed by atoms with van der Waals surface area (Å²) in [6, 6.07) is 6.99. The molecule has 0 fully saturated rings. The van der Waals surface area contributed by atoms with E-state index >= 15 is 0 Å². The quantitative estimate of drug-likeness (QED) is 0.894. The number of amides is 1. The lowest BCUT2D eigenvalue weighted by molar-refractivity contribution is 0.100. The van der Waals surface area contributed by atoms with Crippen LogP contribution in [0.5, 0.6) is 0 Å². The molecule has 0 atom stereocenters. The van der Waals surface area contributed by atoms with E-state index in [1.807, 2.05) is 12.1 Å². The third kappa shape index (κ3) is 3.18. The normalized spacial score (nSPS) is 10.2. The maximum absolute atomic E-state index is 10.9. The monoisotopic (exact) mass is 267 g/mol. The summed E-state index contributed by atoms with van der Waals surface area (Å²) in [5.74, 6) is -0.425. The average molecular weight is 268 g/mol. The molecular weight excluding hydrogens is 258 g/mol. The van der Waals surface area contributed by atoms with Crippen molar-refractivity contribution in [3.63, 3.8) is 0 Å². The number of thiazole rings is 1. The SMILES string of the molecule is NC(=O)c1ccc(NCc2cnc(Cl)s2)cc1. The fourth-order valence-electron chi connectivity index (χ4n) is 1.31. The van der Waals surface area contributed by atoms with E-state index in [4.69, 9.17) is 17.3 Å². The van der Waals surface area contributed by atoms with Crippen LogP contribution in [-0.2, 0) is 6.54 Å². The van der Waals surface area contributed by atoms with Gasteiger partial charge in [-0.25, -0.2) is 4.98 Å². The number of carbonyl (C=O) groups is 1. The molecular formula is C11H10ClN3OS. The lowest BCUT2D eigenvalue weighted by Crippen LogP contribution is -2.10. The van der Waals surface area contributed by atoms with Gasteiger partial charge in [-0.2, -0.15) is 0 Å². The molecule has 6 heteroatoms.